The number of hydrogen-bond acceptors (Lipinski definition) is 5. The van der Waals surface area contributed by atoms with Gasteiger partial charge in [-0.15, -0.1) is 0 Å². The van der Waals surface area contributed by atoms with E-state index >= 15 is 0 Å². The molecule has 3 atom stereocenters. The summed E-state index contributed by atoms with van der Waals surface area (Å²) >= 11 is 10.5. The summed E-state index contributed by atoms with van der Waals surface area (Å²) in [6.07, 6.45) is 3.25. The molecule has 1 amide bonds. The molecule has 1 unspecified atom stereocenters. The molecule has 2 fully saturated rings. The minimum Gasteiger partial charge on any atom is -0.773 e. The minimum absolute atomic E-state index is 0.00200. The number of nitrogens with zero attached hydrogens (tertiary/aromatic N) is 2. The summed E-state index contributed by atoms with van der Waals surface area (Å²) in [7, 11) is 0. The third-order valence-electron chi connectivity index (χ3n) is 6.53. The smallest absolute Gasteiger partial charge is 0.251 e. The Labute approximate surface area is 218 Å². The molecule has 4 rings (SSSR count). The fourth-order valence-corrected chi connectivity index (χ4v) is 5.29. The van der Waals surface area contributed by atoms with E-state index in [0.29, 0.717) is 28.5 Å². The fraction of sp³-hybridized carbons (Fsp3) is 0.480. The van der Waals surface area contributed by atoms with E-state index in [1.165, 1.54) is 6.07 Å². The molecule has 0 radical (unpaired) electrons. The predicted molar refractivity (Wildman–Crippen MR) is 138 cm³/mol. The first-order valence-electron chi connectivity index (χ1n) is 11.5. The standard InChI is InChI=1S/C24H28Cl2FN3O.CH4O2S/c1-14-12-29(5-6-30(14)15(2)17-7-19(25)10-20(26)8-17)13-18-9-23(27)22(24(28)31)11-21(18)16-3-4-16;1-4(2)3/h7-11,14-16H,3-6,12-13H2,1-2H3,(H2,28,31);1H3,(H,2,3)/p-1/t14-,15-;/m0./s1. The SMILES string of the molecule is CS(=O)[O-].C[C@H]1CN(Cc2cc(F)c(C(N)=O)cc2C2CC2)CCN1[C@@H](C)c1cc(Cl)cc(Cl)c1. The van der Waals surface area contributed by atoms with Gasteiger partial charge in [0, 0.05) is 48.3 Å². The highest BCUT2D eigenvalue weighted by Gasteiger charge is 2.31. The number of amides is 1. The summed E-state index contributed by atoms with van der Waals surface area (Å²) in [5.41, 5.74) is 8.51. The van der Waals surface area contributed by atoms with E-state index in [2.05, 4.69) is 23.6 Å². The van der Waals surface area contributed by atoms with Gasteiger partial charge in [-0.1, -0.05) is 34.3 Å². The molecular weight excluding hydrogens is 512 g/mol. The minimum atomic E-state index is -1.86. The first-order chi connectivity index (χ1) is 16.5. The highest BCUT2D eigenvalue weighted by Crippen LogP contribution is 2.43. The Morgan fingerprint density at radius 3 is 2.31 bits per heavy atom. The topological polar surface area (TPSA) is 89.7 Å². The lowest BCUT2D eigenvalue weighted by molar-refractivity contribution is 0.0503. The molecule has 0 aromatic heterocycles. The quantitative estimate of drug-likeness (QED) is 0.525. The maximum atomic E-state index is 14.5. The number of carbonyl (C=O) groups is 1. The maximum Gasteiger partial charge on any atom is 0.251 e. The summed E-state index contributed by atoms with van der Waals surface area (Å²) < 4.78 is 32.5. The molecule has 1 aliphatic heterocycles. The molecule has 1 saturated carbocycles. The van der Waals surface area contributed by atoms with Crippen LogP contribution < -0.4 is 5.73 Å². The molecule has 2 aliphatic rings. The molecule has 192 valence electrons. The van der Waals surface area contributed by atoms with Crippen molar-refractivity contribution in [2.75, 3.05) is 25.9 Å². The Kier molecular flexibility index (Phi) is 9.71. The Bertz CT molecular complexity index is 1080. The summed E-state index contributed by atoms with van der Waals surface area (Å²) in [6.45, 7) is 7.73. The molecule has 1 aliphatic carbocycles. The number of hydrogen-bond donors (Lipinski definition) is 1. The molecule has 10 heteroatoms. The average molecular weight is 544 g/mol. The van der Waals surface area contributed by atoms with Crippen LogP contribution in [0.3, 0.4) is 0 Å². The number of halogens is 3. The first kappa shape index (κ1) is 28.0. The Morgan fingerprint density at radius 2 is 1.80 bits per heavy atom. The van der Waals surface area contributed by atoms with Gasteiger partial charge in [-0.3, -0.25) is 18.8 Å². The van der Waals surface area contributed by atoms with Crippen molar-refractivity contribution in [1.29, 1.82) is 0 Å². The van der Waals surface area contributed by atoms with Crippen molar-refractivity contribution < 1.29 is 17.9 Å². The zero-order valence-electron chi connectivity index (χ0n) is 20.1. The van der Waals surface area contributed by atoms with Gasteiger partial charge in [-0.25, -0.2) is 4.39 Å². The van der Waals surface area contributed by atoms with Gasteiger partial charge in [-0.05, 0) is 85.9 Å². The first-order valence-corrected chi connectivity index (χ1v) is 13.8. The van der Waals surface area contributed by atoms with Crippen LogP contribution in [-0.4, -0.2) is 56.4 Å². The largest absolute Gasteiger partial charge is 0.773 e. The van der Waals surface area contributed by atoms with Gasteiger partial charge in [0.1, 0.15) is 5.82 Å². The van der Waals surface area contributed by atoms with Crippen molar-refractivity contribution in [2.24, 2.45) is 5.73 Å². The molecule has 0 spiro atoms. The molecule has 1 heterocycles. The van der Waals surface area contributed by atoms with Crippen molar-refractivity contribution in [3.05, 3.63) is 68.4 Å². The van der Waals surface area contributed by atoms with Gasteiger partial charge >= 0.3 is 0 Å². The molecule has 2 N–H and O–H groups in total. The lowest BCUT2D eigenvalue weighted by atomic mass is 9.98. The van der Waals surface area contributed by atoms with Gasteiger partial charge in [0.2, 0.25) is 0 Å². The highest BCUT2D eigenvalue weighted by molar-refractivity contribution is 7.78. The zero-order chi connectivity index (χ0) is 25.9. The zero-order valence-corrected chi connectivity index (χ0v) is 22.4. The number of rotatable bonds is 6. The summed E-state index contributed by atoms with van der Waals surface area (Å²) in [4.78, 5) is 16.4. The van der Waals surface area contributed by atoms with E-state index in [1.54, 1.807) is 12.1 Å². The second kappa shape index (κ2) is 12.1. The van der Waals surface area contributed by atoms with Gasteiger partial charge in [-0.2, -0.15) is 0 Å². The lowest BCUT2D eigenvalue weighted by Crippen LogP contribution is -2.52. The van der Waals surface area contributed by atoms with Crippen LogP contribution >= 0.6 is 23.2 Å². The van der Waals surface area contributed by atoms with E-state index in [1.807, 2.05) is 12.1 Å². The van der Waals surface area contributed by atoms with Crippen LogP contribution in [-0.2, 0) is 17.6 Å². The highest BCUT2D eigenvalue weighted by atomic mass is 35.5. The van der Waals surface area contributed by atoms with Crippen LogP contribution in [0, 0.1) is 5.82 Å². The van der Waals surface area contributed by atoms with Crippen molar-refractivity contribution in [3.63, 3.8) is 0 Å². The number of nitrogens with two attached hydrogens (primary N) is 1. The predicted octanol–water partition coefficient (Wildman–Crippen LogP) is 4.87. The van der Waals surface area contributed by atoms with Crippen molar-refractivity contribution in [2.45, 2.75) is 51.2 Å². The van der Waals surface area contributed by atoms with Crippen LogP contribution in [0.15, 0.2) is 30.3 Å². The average Bonchev–Trinajstić information content (AvgIpc) is 3.57. The molecule has 1 saturated heterocycles. The molecule has 6 nitrogen and oxygen atoms in total. The summed E-state index contributed by atoms with van der Waals surface area (Å²) in [5.74, 6) is -0.812. The van der Waals surface area contributed by atoms with E-state index in [9.17, 15) is 9.18 Å². The Hall–Kier alpha value is -1.55. The third kappa shape index (κ3) is 7.71. The second-order valence-electron chi connectivity index (χ2n) is 9.27. The van der Waals surface area contributed by atoms with E-state index < -0.39 is 22.8 Å². The summed E-state index contributed by atoms with van der Waals surface area (Å²) in [6, 6.07) is 9.41. The third-order valence-corrected chi connectivity index (χ3v) is 6.97. The van der Waals surface area contributed by atoms with Crippen LogP contribution in [0.25, 0.3) is 0 Å². The van der Waals surface area contributed by atoms with Crippen LogP contribution in [0.4, 0.5) is 4.39 Å². The van der Waals surface area contributed by atoms with E-state index in [4.69, 9.17) is 37.7 Å². The van der Waals surface area contributed by atoms with Crippen molar-refractivity contribution in [3.8, 4) is 0 Å². The van der Waals surface area contributed by atoms with Gasteiger partial charge in [0.05, 0.1) is 5.56 Å². The van der Waals surface area contributed by atoms with E-state index in [0.717, 1.165) is 55.4 Å². The lowest BCUT2D eigenvalue weighted by Gasteiger charge is -2.43. The van der Waals surface area contributed by atoms with Gasteiger partial charge < -0.3 is 10.3 Å². The van der Waals surface area contributed by atoms with E-state index in [-0.39, 0.29) is 11.6 Å². The maximum absolute atomic E-state index is 14.5. The molecule has 2 aromatic rings. The van der Waals surface area contributed by atoms with Crippen LogP contribution in [0.5, 0.6) is 0 Å². The fourth-order valence-electron chi connectivity index (χ4n) is 4.75. The molecule has 2 aromatic carbocycles. The molecule has 35 heavy (non-hydrogen) atoms. The monoisotopic (exact) mass is 542 g/mol. The van der Waals surface area contributed by atoms with Crippen molar-refractivity contribution in [1.82, 2.24) is 9.80 Å². The number of primary amides is 1. The number of benzene rings is 2. The van der Waals surface area contributed by atoms with Gasteiger partial charge in [0.25, 0.3) is 5.91 Å². The van der Waals surface area contributed by atoms with Crippen LogP contribution in [0.2, 0.25) is 10.0 Å². The van der Waals surface area contributed by atoms with Gasteiger partial charge in [0.15, 0.2) is 0 Å². The normalized spacial score (nSPS) is 20.6. The molecule has 0 bridgehead atoms. The van der Waals surface area contributed by atoms with Crippen LogP contribution in [0.1, 0.15) is 65.7 Å². The Morgan fingerprint density at radius 1 is 1.20 bits per heavy atom. The summed E-state index contributed by atoms with van der Waals surface area (Å²) in [5, 5.41) is 1.30. The second-order valence-corrected chi connectivity index (χ2v) is 10.9. The van der Waals surface area contributed by atoms with Crippen molar-refractivity contribution >= 4 is 40.2 Å². The number of piperazine rings is 1. The number of carbonyl (C=O) groups excluding carboxylic acids is 1. The Balaban J connectivity index is 0.000000795. The molecular formula is C25H31Cl2FN3O3S-.